The van der Waals surface area contributed by atoms with Gasteiger partial charge in [0.1, 0.15) is 11.6 Å². The number of carbonyl (C=O) groups excluding carboxylic acids is 1. The van der Waals surface area contributed by atoms with Gasteiger partial charge < -0.3 is 15.0 Å². The minimum atomic E-state index is -0.0705. The summed E-state index contributed by atoms with van der Waals surface area (Å²) >= 11 is 1.29. The average molecular weight is 383 g/mol. The summed E-state index contributed by atoms with van der Waals surface area (Å²) in [6.07, 6.45) is 4.03. The largest absolute Gasteiger partial charge is 0.497 e. The number of nitrogens with one attached hydrogen (secondary N) is 1. The van der Waals surface area contributed by atoms with E-state index in [2.05, 4.69) is 19.7 Å². The summed E-state index contributed by atoms with van der Waals surface area (Å²) in [5.41, 5.74) is 2.09. The Morgan fingerprint density at radius 3 is 2.81 bits per heavy atom. The van der Waals surface area contributed by atoms with E-state index in [4.69, 9.17) is 4.74 Å². The number of likely N-dealkylation sites (N-methyl/N-ethyl adjacent to an activating group) is 1. The molecule has 0 fully saturated rings. The highest BCUT2D eigenvalue weighted by atomic mass is 32.1. The third-order valence-corrected chi connectivity index (χ3v) is 4.77. The Balaban J connectivity index is 1.53. The van der Waals surface area contributed by atoms with Crippen molar-refractivity contribution < 1.29 is 9.53 Å². The fourth-order valence-corrected chi connectivity index (χ4v) is 3.12. The maximum atomic E-state index is 12.1. The lowest BCUT2D eigenvalue weighted by Gasteiger charge is -2.14. The summed E-state index contributed by atoms with van der Waals surface area (Å²) in [6.45, 7) is 0.700. The van der Waals surface area contributed by atoms with Gasteiger partial charge in [-0.1, -0.05) is 12.1 Å². The second-order valence-corrected chi connectivity index (χ2v) is 6.74. The first-order chi connectivity index (χ1) is 13.1. The zero-order valence-corrected chi connectivity index (χ0v) is 16.1. The number of ether oxygens (including phenoxy) is 1. The molecule has 3 aromatic rings. The predicted molar refractivity (Wildman–Crippen MR) is 105 cm³/mol. The zero-order chi connectivity index (χ0) is 19.1. The van der Waals surface area contributed by atoms with Crippen molar-refractivity contribution in [3.8, 4) is 5.75 Å². The standard InChI is InChI=1S/C19H21N5O2S/c1-24(13-18(25)21-12-14-6-8-20-9-7-14)19-22-17(23-27-19)11-15-4-3-5-16(10-15)26-2/h3-10H,11-13H2,1-2H3,(H,21,25). The van der Waals surface area contributed by atoms with Crippen LogP contribution in [0.5, 0.6) is 5.75 Å². The summed E-state index contributed by atoms with van der Waals surface area (Å²) in [5, 5.41) is 3.61. The van der Waals surface area contributed by atoms with E-state index in [0.29, 0.717) is 18.1 Å². The molecule has 8 heteroatoms. The number of hydrogen-bond donors (Lipinski definition) is 1. The minimum absolute atomic E-state index is 0.0705. The highest BCUT2D eigenvalue weighted by molar-refractivity contribution is 7.09. The number of benzene rings is 1. The molecule has 0 bridgehead atoms. The van der Waals surface area contributed by atoms with Crippen LogP contribution in [0.4, 0.5) is 5.13 Å². The van der Waals surface area contributed by atoms with Crippen molar-refractivity contribution in [2.45, 2.75) is 13.0 Å². The van der Waals surface area contributed by atoms with E-state index in [0.717, 1.165) is 22.7 Å². The van der Waals surface area contributed by atoms with Crippen LogP contribution in [0.1, 0.15) is 17.0 Å². The van der Waals surface area contributed by atoms with Crippen LogP contribution in [0.2, 0.25) is 0 Å². The van der Waals surface area contributed by atoms with Gasteiger partial charge in [-0.3, -0.25) is 9.78 Å². The highest BCUT2D eigenvalue weighted by Gasteiger charge is 2.13. The molecule has 1 amide bonds. The molecule has 140 valence electrons. The molecule has 27 heavy (non-hydrogen) atoms. The van der Waals surface area contributed by atoms with Gasteiger partial charge in [-0.25, -0.2) is 4.98 Å². The summed E-state index contributed by atoms with van der Waals surface area (Å²) in [6, 6.07) is 11.6. The molecule has 0 aliphatic heterocycles. The lowest BCUT2D eigenvalue weighted by Crippen LogP contribution is -2.34. The first-order valence-corrected chi connectivity index (χ1v) is 9.23. The number of aromatic nitrogens is 3. The first kappa shape index (κ1) is 18.8. The van der Waals surface area contributed by atoms with Crippen molar-refractivity contribution in [1.82, 2.24) is 19.7 Å². The molecule has 0 saturated carbocycles. The van der Waals surface area contributed by atoms with Gasteiger partial charge in [0.05, 0.1) is 13.7 Å². The monoisotopic (exact) mass is 383 g/mol. The van der Waals surface area contributed by atoms with Crippen molar-refractivity contribution in [3.63, 3.8) is 0 Å². The molecule has 3 rings (SSSR count). The molecule has 0 unspecified atom stereocenters. The second-order valence-electron chi connectivity index (χ2n) is 6.01. The van der Waals surface area contributed by atoms with Crippen LogP contribution in [0.3, 0.4) is 0 Å². The summed E-state index contributed by atoms with van der Waals surface area (Å²) in [4.78, 5) is 22.4. The number of anilines is 1. The number of methoxy groups -OCH3 is 1. The lowest BCUT2D eigenvalue weighted by atomic mass is 10.1. The summed E-state index contributed by atoms with van der Waals surface area (Å²) in [5.74, 6) is 1.47. The van der Waals surface area contributed by atoms with Crippen molar-refractivity contribution in [1.29, 1.82) is 0 Å². The molecule has 7 nitrogen and oxygen atoms in total. The highest BCUT2D eigenvalue weighted by Crippen LogP contribution is 2.19. The molecule has 0 radical (unpaired) electrons. The van der Waals surface area contributed by atoms with E-state index in [-0.39, 0.29) is 12.5 Å². The summed E-state index contributed by atoms with van der Waals surface area (Å²) < 4.78 is 9.64. The number of nitrogens with zero attached hydrogens (tertiary/aromatic N) is 4. The third kappa shape index (κ3) is 5.49. The van der Waals surface area contributed by atoms with E-state index in [9.17, 15) is 4.79 Å². The third-order valence-electron chi connectivity index (χ3n) is 3.90. The predicted octanol–water partition coefficient (Wildman–Crippen LogP) is 2.29. The van der Waals surface area contributed by atoms with Gasteiger partial charge in [0.25, 0.3) is 0 Å². The van der Waals surface area contributed by atoms with E-state index < -0.39 is 0 Å². The van der Waals surface area contributed by atoms with Crippen LogP contribution < -0.4 is 15.0 Å². The Labute approximate surface area is 162 Å². The van der Waals surface area contributed by atoms with E-state index >= 15 is 0 Å². The number of rotatable bonds is 8. The fraction of sp³-hybridized carbons (Fsp3) is 0.263. The first-order valence-electron chi connectivity index (χ1n) is 8.46. The molecule has 0 atom stereocenters. The number of carbonyl (C=O) groups is 1. The molecule has 2 aromatic heterocycles. The van der Waals surface area contributed by atoms with Crippen LogP contribution in [-0.4, -0.2) is 41.0 Å². The maximum Gasteiger partial charge on any atom is 0.239 e. The normalized spacial score (nSPS) is 10.4. The molecule has 0 aliphatic rings. The number of hydrogen-bond acceptors (Lipinski definition) is 7. The Morgan fingerprint density at radius 2 is 2.04 bits per heavy atom. The van der Waals surface area contributed by atoms with Gasteiger partial charge in [0, 0.05) is 43.9 Å². The quantitative estimate of drug-likeness (QED) is 0.643. The molecule has 0 aliphatic carbocycles. The zero-order valence-electron chi connectivity index (χ0n) is 15.3. The molecule has 2 heterocycles. The van der Waals surface area contributed by atoms with Crippen molar-refractivity contribution in [3.05, 3.63) is 65.7 Å². The van der Waals surface area contributed by atoms with Crippen molar-refractivity contribution >= 4 is 22.6 Å². The van der Waals surface area contributed by atoms with Gasteiger partial charge in [-0.05, 0) is 35.4 Å². The Kier molecular flexibility index (Phi) is 6.32. The lowest BCUT2D eigenvalue weighted by molar-refractivity contribution is -0.119. The van der Waals surface area contributed by atoms with Gasteiger partial charge in [-0.15, -0.1) is 0 Å². The van der Waals surface area contributed by atoms with Crippen LogP contribution in [0.15, 0.2) is 48.8 Å². The molecule has 0 spiro atoms. The molecule has 1 N–H and O–H groups in total. The van der Waals surface area contributed by atoms with Crippen LogP contribution >= 0.6 is 11.5 Å². The SMILES string of the molecule is COc1cccc(Cc2nsc(N(C)CC(=O)NCc3ccncc3)n2)c1. The number of pyridine rings is 1. The Morgan fingerprint density at radius 1 is 1.22 bits per heavy atom. The maximum absolute atomic E-state index is 12.1. The summed E-state index contributed by atoms with van der Waals surface area (Å²) in [7, 11) is 3.48. The second kappa shape index (κ2) is 9.09. The van der Waals surface area contributed by atoms with Crippen LogP contribution in [0, 0.1) is 0 Å². The topological polar surface area (TPSA) is 80.2 Å². The van der Waals surface area contributed by atoms with E-state index in [1.54, 1.807) is 24.4 Å². The van der Waals surface area contributed by atoms with Crippen LogP contribution in [0.25, 0.3) is 0 Å². The average Bonchev–Trinajstić information content (AvgIpc) is 3.16. The van der Waals surface area contributed by atoms with Crippen LogP contribution in [-0.2, 0) is 17.8 Å². The Hall–Kier alpha value is -3.00. The molecular formula is C19H21N5O2S. The van der Waals surface area contributed by atoms with Gasteiger partial charge in [0.15, 0.2) is 0 Å². The van der Waals surface area contributed by atoms with E-state index in [1.807, 2.05) is 43.4 Å². The van der Waals surface area contributed by atoms with Gasteiger partial charge in [-0.2, -0.15) is 4.37 Å². The smallest absolute Gasteiger partial charge is 0.239 e. The van der Waals surface area contributed by atoms with Gasteiger partial charge in [0.2, 0.25) is 11.0 Å². The fourth-order valence-electron chi connectivity index (χ4n) is 2.48. The van der Waals surface area contributed by atoms with Crippen molar-refractivity contribution in [2.24, 2.45) is 0 Å². The molecule has 0 saturated heterocycles. The minimum Gasteiger partial charge on any atom is -0.497 e. The molecule has 1 aromatic carbocycles. The van der Waals surface area contributed by atoms with E-state index in [1.165, 1.54) is 11.5 Å². The Bertz CT molecular complexity index is 885. The number of amides is 1. The molecular weight excluding hydrogens is 362 g/mol. The van der Waals surface area contributed by atoms with Crippen molar-refractivity contribution in [2.75, 3.05) is 25.6 Å². The van der Waals surface area contributed by atoms with Gasteiger partial charge >= 0.3 is 0 Å².